The molecule has 6 heteroatoms. The van der Waals surface area contributed by atoms with Crippen molar-refractivity contribution in [2.24, 2.45) is 5.92 Å². The van der Waals surface area contributed by atoms with Gasteiger partial charge < -0.3 is 9.64 Å². The van der Waals surface area contributed by atoms with Crippen molar-refractivity contribution in [2.75, 3.05) is 23.9 Å². The highest BCUT2D eigenvalue weighted by Crippen LogP contribution is 2.28. The lowest BCUT2D eigenvalue weighted by Gasteiger charge is -2.19. The first kappa shape index (κ1) is 14.8. The molecule has 0 N–H and O–H groups in total. The smallest absolute Gasteiger partial charge is 0.339 e. The second kappa shape index (κ2) is 6.22. The summed E-state index contributed by atoms with van der Waals surface area (Å²) < 4.78 is 4.95. The molecule has 1 aliphatic rings. The van der Waals surface area contributed by atoms with Crippen LogP contribution in [0.1, 0.15) is 29.4 Å². The zero-order valence-corrected chi connectivity index (χ0v) is 12.3. The summed E-state index contributed by atoms with van der Waals surface area (Å²) in [6.45, 7) is 4.43. The highest BCUT2D eigenvalue weighted by molar-refractivity contribution is 6.18. The van der Waals surface area contributed by atoms with Gasteiger partial charge in [-0.05, 0) is 25.8 Å². The lowest BCUT2D eigenvalue weighted by atomic mass is 10.1. The molecule has 2 heterocycles. The van der Waals surface area contributed by atoms with Crippen LogP contribution >= 0.6 is 11.6 Å². The number of halogens is 1. The van der Waals surface area contributed by atoms with Crippen molar-refractivity contribution < 1.29 is 14.3 Å². The van der Waals surface area contributed by atoms with E-state index in [4.69, 9.17) is 16.3 Å². The van der Waals surface area contributed by atoms with Crippen LogP contribution in [-0.2, 0) is 9.53 Å². The van der Waals surface area contributed by atoms with Gasteiger partial charge >= 0.3 is 5.97 Å². The number of rotatable bonds is 4. The number of ether oxygens (including phenoxy) is 1. The molecule has 1 aromatic rings. The summed E-state index contributed by atoms with van der Waals surface area (Å²) in [5.74, 6) is 0.185. The average molecular weight is 297 g/mol. The molecule has 0 radical (unpaired) electrons. The van der Waals surface area contributed by atoms with Crippen molar-refractivity contribution in [3.05, 3.63) is 23.5 Å². The second-order valence-electron chi connectivity index (χ2n) is 4.78. The molecule has 1 amide bonds. The molecule has 1 unspecified atom stereocenters. The summed E-state index contributed by atoms with van der Waals surface area (Å²) in [6.07, 6.45) is 1.91. The lowest BCUT2D eigenvalue weighted by Crippen LogP contribution is -2.26. The Bertz CT molecular complexity index is 533. The Kier molecular flexibility index (Phi) is 4.60. The fourth-order valence-electron chi connectivity index (χ4n) is 2.24. The molecule has 1 aliphatic heterocycles. The van der Waals surface area contributed by atoms with Crippen LogP contribution in [0.4, 0.5) is 5.69 Å². The zero-order valence-electron chi connectivity index (χ0n) is 11.6. The van der Waals surface area contributed by atoms with Gasteiger partial charge in [0.05, 0.1) is 23.6 Å². The molecule has 0 aliphatic carbocycles. The molecular formula is C14H17ClN2O3. The van der Waals surface area contributed by atoms with Gasteiger partial charge in [0.2, 0.25) is 5.91 Å². The SMILES string of the molecule is CCOC(=O)c1cnc(C)c(N2CC(CCl)CC2=O)c1. The van der Waals surface area contributed by atoms with E-state index >= 15 is 0 Å². The van der Waals surface area contributed by atoms with E-state index in [1.54, 1.807) is 17.9 Å². The second-order valence-corrected chi connectivity index (χ2v) is 5.09. The predicted molar refractivity (Wildman–Crippen MR) is 76.1 cm³/mol. The number of aromatic nitrogens is 1. The van der Waals surface area contributed by atoms with E-state index in [1.807, 2.05) is 6.92 Å². The number of esters is 1. The summed E-state index contributed by atoms with van der Waals surface area (Å²) in [5.41, 5.74) is 1.73. The summed E-state index contributed by atoms with van der Waals surface area (Å²) in [5, 5.41) is 0. The van der Waals surface area contributed by atoms with E-state index in [9.17, 15) is 9.59 Å². The molecule has 1 aromatic heterocycles. The van der Waals surface area contributed by atoms with Crippen molar-refractivity contribution in [3.8, 4) is 0 Å². The molecule has 20 heavy (non-hydrogen) atoms. The Morgan fingerprint density at radius 3 is 2.95 bits per heavy atom. The fourth-order valence-corrected chi connectivity index (χ4v) is 2.45. The van der Waals surface area contributed by atoms with Gasteiger partial charge in [0, 0.05) is 25.0 Å². The number of pyridine rings is 1. The normalized spacial score (nSPS) is 18.4. The number of aryl methyl sites for hydroxylation is 1. The van der Waals surface area contributed by atoms with Crippen LogP contribution in [-0.4, -0.2) is 35.9 Å². The highest BCUT2D eigenvalue weighted by atomic mass is 35.5. The first-order valence-electron chi connectivity index (χ1n) is 6.56. The Balaban J connectivity index is 2.29. The molecule has 0 aromatic carbocycles. The number of carbonyl (C=O) groups is 2. The maximum atomic E-state index is 12.0. The van der Waals surface area contributed by atoms with E-state index in [0.29, 0.717) is 42.4 Å². The van der Waals surface area contributed by atoms with Crippen LogP contribution in [0, 0.1) is 12.8 Å². The van der Waals surface area contributed by atoms with E-state index in [-0.39, 0.29) is 11.8 Å². The largest absolute Gasteiger partial charge is 0.462 e. The predicted octanol–water partition coefficient (Wildman–Crippen LogP) is 2.16. The summed E-state index contributed by atoms with van der Waals surface area (Å²) in [6, 6.07) is 1.66. The number of hydrogen-bond acceptors (Lipinski definition) is 4. The maximum Gasteiger partial charge on any atom is 0.339 e. The molecule has 108 valence electrons. The van der Waals surface area contributed by atoms with E-state index in [1.165, 1.54) is 6.20 Å². The standard InChI is InChI=1S/C14H17ClN2O3/c1-3-20-14(19)11-5-12(9(2)16-7-11)17-8-10(6-15)4-13(17)18/h5,7,10H,3-4,6,8H2,1-2H3. The third kappa shape index (κ3) is 2.93. The van der Waals surface area contributed by atoms with E-state index in [0.717, 1.165) is 0 Å². The van der Waals surface area contributed by atoms with Crippen molar-refractivity contribution in [1.29, 1.82) is 0 Å². The Morgan fingerprint density at radius 1 is 1.60 bits per heavy atom. The van der Waals surface area contributed by atoms with Crippen LogP contribution in [0.15, 0.2) is 12.3 Å². The number of nitrogens with zero attached hydrogens (tertiary/aromatic N) is 2. The van der Waals surface area contributed by atoms with Gasteiger partial charge in [0.1, 0.15) is 0 Å². The molecule has 0 spiro atoms. The van der Waals surface area contributed by atoms with Crippen molar-refractivity contribution >= 4 is 29.2 Å². The Labute approximate surface area is 122 Å². The number of anilines is 1. The number of carbonyl (C=O) groups excluding carboxylic acids is 2. The quantitative estimate of drug-likeness (QED) is 0.631. The first-order chi connectivity index (χ1) is 9.56. The molecule has 1 fully saturated rings. The Hall–Kier alpha value is -1.62. The molecule has 0 bridgehead atoms. The van der Waals surface area contributed by atoms with Gasteiger partial charge in [-0.1, -0.05) is 0 Å². The van der Waals surface area contributed by atoms with Gasteiger partial charge in [-0.25, -0.2) is 4.79 Å². The third-order valence-corrected chi connectivity index (χ3v) is 3.72. The number of alkyl halides is 1. The Morgan fingerprint density at radius 2 is 2.35 bits per heavy atom. The minimum Gasteiger partial charge on any atom is -0.462 e. The van der Waals surface area contributed by atoms with E-state index < -0.39 is 5.97 Å². The summed E-state index contributed by atoms with van der Waals surface area (Å²) in [7, 11) is 0. The van der Waals surface area contributed by atoms with Gasteiger partial charge in [0.15, 0.2) is 0 Å². The monoisotopic (exact) mass is 296 g/mol. The maximum absolute atomic E-state index is 12.0. The minimum absolute atomic E-state index is 0.0153. The van der Waals surface area contributed by atoms with Gasteiger partial charge in [-0.2, -0.15) is 0 Å². The average Bonchev–Trinajstić information content (AvgIpc) is 2.81. The molecule has 1 atom stereocenters. The van der Waals surface area contributed by atoms with E-state index in [2.05, 4.69) is 4.98 Å². The van der Waals surface area contributed by atoms with Gasteiger partial charge in [-0.15, -0.1) is 11.6 Å². The highest BCUT2D eigenvalue weighted by Gasteiger charge is 2.31. The molecular weight excluding hydrogens is 280 g/mol. The minimum atomic E-state index is -0.429. The molecule has 2 rings (SSSR count). The number of hydrogen-bond donors (Lipinski definition) is 0. The van der Waals surface area contributed by atoms with Crippen LogP contribution in [0.25, 0.3) is 0 Å². The number of amides is 1. The van der Waals surface area contributed by atoms with Crippen LogP contribution in [0.5, 0.6) is 0 Å². The topological polar surface area (TPSA) is 59.5 Å². The van der Waals surface area contributed by atoms with Crippen LogP contribution in [0.3, 0.4) is 0 Å². The van der Waals surface area contributed by atoms with Crippen LogP contribution in [0.2, 0.25) is 0 Å². The zero-order chi connectivity index (χ0) is 14.7. The van der Waals surface area contributed by atoms with Gasteiger partial charge in [-0.3, -0.25) is 9.78 Å². The van der Waals surface area contributed by atoms with Crippen molar-refractivity contribution in [3.63, 3.8) is 0 Å². The third-order valence-electron chi connectivity index (χ3n) is 3.29. The first-order valence-corrected chi connectivity index (χ1v) is 7.10. The van der Waals surface area contributed by atoms with Crippen LogP contribution < -0.4 is 4.90 Å². The van der Waals surface area contributed by atoms with Crippen molar-refractivity contribution in [2.45, 2.75) is 20.3 Å². The summed E-state index contributed by atoms with van der Waals surface area (Å²) in [4.78, 5) is 29.6. The summed E-state index contributed by atoms with van der Waals surface area (Å²) >= 11 is 5.82. The molecule has 5 nitrogen and oxygen atoms in total. The fraction of sp³-hybridized carbons (Fsp3) is 0.500. The molecule has 0 saturated carbocycles. The lowest BCUT2D eigenvalue weighted by molar-refractivity contribution is -0.117. The van der Waals surface area contributed by atoms with Crippen molar-refractivity contribution in [1.82, 2.24) is 4.98 Å². The molecule has 1 saturated heterocycles. The van der Waals surface area contributed by atoms with Gasteiger partial charge in [0.25, 0.3) is 0 Å².